The van der Waals surface area contributed by atoms with Crippen LogP contribution in [-0.2, 0) is 7.05 Å². The molecule has 0 aliphatic heterocycles. The summed E-state index contributed by atoms with van der Waals surface area (Å²) in [6, 6.07) is 4.01. The van der Waals surface area contributed by atoms with Gasteiger partial charge < -0.3 is 28.7 Å². The van der Waals surface area contributed by atoms with Crippen molar-refractivity contribution in [2.24, 2.45) is 7.05 Å². The van der Waals surface area contributed by atoms with E-state index in [4.69, 9.17) is 4.74 Å². The number of rotatable bonds is 5. The average Bonchev–Trinajstić information content (AvgIpc) is 2.78. The zero-order valence-electron chi connectivity index (χ0n) is 10.5. The Balaban J connectivity index is 0.00000162. The van der Waals surface area contributed by atoms with Gasteiger partial charge in [0.25, 0.3) is 5.88 Å². The molecule has 2 aromatic rings. The van der Waals surface area contributed by atoms with Gasteiger partial charge >= 0.3 is 0 Å². The molecule has 0 saturated carbocycles. The van der Waals surface area contributed by atoms with Crippen LogP contribution in [-0.4, -0.2) is 15.4 Å². The molecule has 4 nitrogen and oxygen atoms in total. The standard InChI is InChI=1S/C12H16N3OS.HI/c1-3-4-8-16-12-11(13-17-14-12)10-6-5-7-15(2)9-10;/h5-7,9H,3-4,8H2,1-2H3;1H/q+1;/p-1. The first-order valence-corrected chi connectivity index (χ1v) is 6.45. The molecule has 6 heteroatoms. The number of ether oxygens (including phenoxy) is 1. The lowest BCUT2D eigenvalue weighted by atomic mass is 10.2. The van der Waals surface area contributed by atoms with Crippen LogP contribution in [0, 0.1) is 0 Å². The zero-order valence-corrected chi connectivity index (χ0v) is 13.4. The Morgan fingerprint density at radius 1 is 1.39 bits per heavy atom. The second kappa shape index (κ2) is 7.63. The SMILES string of the molecule is CCCCOc1nsnc1-c1ccc[n+](C)c1.[I-]. The lowest BCUT2D eigenvalue weighted by molar-refractivity contribution is -0.671. The fraction of sp³-hybridized carbons (Fsp3) is 0.417. The van der Waals surface area contributed by atoms with E-state index in [0.29, 0.717) is 12.5 Å². The molecule has 0 N–H and O–H groups in total. The number of nitrogens with zero attached hydrogens (tertiary/aromatic N) is 3. The Morgan fingerprint density at radius 2 is 2.22 bits per heavy atom. The van der Waals surface area contributed by atoms with Crippen molar-refractivity contribution in [3.8, 4) is 17.1 Å². The van der Waals surface area contributed by atoms with Crippen LogP contribution in [0.15, 0.2) is 24.5 Å². The summed E-state index contributed by atoms with van der Waals surface area (Å²) in [5.74, 6) is 0.648. The van der Waals surface area contributed by atoms with E-state index < -0.39 is 0 Å². The Bertz CT molecular complexity index is 490. The van der Waals surface area contributed by atoms with Gasteiger partial charge in [-0.3, -0.25) is 0 Å². The molecule has 0 radical (unpaired) electrons. The first-order valence-electron chi connectivity index (χ1n) is 5.72. The van der Waals surface area contributed by atoms with Crippen LogP contribution in [0.4, 0.5) is 0 Å². The minimum absolute atomic E-state index is 0. The molecule has 0 aliphatic rings. The third-order valence-electron chi connectivity index (χ3n) is 2.41. The number of aryl methyl sites for hydroxylation is 1. The monoisotopic (exact) mass is 377 g/mol. The van der Waals surface area contributed by atoms with E-state index >= 15 is 0 Å². The van der Waals surface area contributed by atoms with E-state index in [0.717, 1.165) is 24.1 Å². The van der Waals surface area contributed by atoms with E-state index in [1.165, 1.54) is 11.7 Å². The molecular formula is C12H16IN3OS. The smallest absolute Gasteiger partial charge is 0.254 e. The van der Waals surface area contributed by atoms with Crippen LogP contribution in [0.2, 0.25) is 0 Å². The fourth-order valence-corrected chi connectivity index (χ4v) is 2.01. The molecular weight excluding hydrogens is 361 g/mol. The van der Waals surface area contributed by atoms with Crippen molar-refractivity contribution >= 4 is 11.7 Å². The normalized spacial score (nSPS) is 9.89. The lowest BCUT2D eigenvalue weighted by Gasteiger charge is -2.02. The maximum Gasteiger partial charge on any atom is 0.254 e. The van der Waals surface area contributed by atoms with E-state index in [1.807, 2.05) is 36.1 Å². The number of pyridine rings is 1. The minimum atomic E-state index is 0. The highest BCUT2D eigenvalue weighted by molar-refractivity contribution is 6.99. The number of aromatic nitrogens is 3. The summed E-state index contributed by atoms with van der Waals surface area (Å²) in [6.45, 7) is 2.84. The molecule has 0 amide bonds. The predicted octanol–water partition coefficient (Wildman–Crippen LogP) is -0.787. The largest absolute Gasteiger partial charge is 1.00 e. The van der Waals surface area contributed by atoms with Gasteiger partial charge in [0, 0.05) is 6.07 Å². The molecule has 0 atom stereocenters. The van der Waals surface area contributed by atoms with E-state index in [9.17, 15) is 0 Å². The molecule has 0 aromatic carbocycles. The highest BCUT2D eigenvalue weighted by atomic mass is 127. The van der Waals surface area contributed by atoms with Crippen molar-refractivity contribution in [3.63, 3.8) is 0 Å². The Labute approximate surface area is 128 Å². The van der Waals surface area contributed by atoms with Gasteiger partial charge in [-0.25, -0.2) is 4.57 Å². The lowest BCUT2D eigenvalue weighted by Crippen LogP contribution is -3.00. The Morgan fingerprint density at radius 3 is 2.94 bits per heavy atom. The van der Waals surface area contributed by atoms with Crippen LogP contribution < -0.4 is 33.3 Å². The minimum Gasteiger partial charge on any atom is -1.00 e. The molecule has 0 bridgehead atoms. The molecule has 0 unspecified atom stereocenters. The van der Waals surface area contributed by atoms with Crippen LogP contribution in [0.25, 0.3) is 11.3 Å². The van der Waals surface area contributed by atoms with Crippen LogP contribution in [0.5, 0.6) is 5.88 Å². The second-order valence-electron chi connectivity index (χ2n) is 3.88. The van der Waals surface area contributed by atoms with Crippen molar-refractivity contribution in [1.82, 2.24) is 8.75 Å². The Kier molecular flexibility index (Phi) is 6.48. The highest BCUT2D eigenvalue weighted by Gasteiger charge is 2.13. The number of halogens is 1. The van der Waals surface area contributed by atoms with E-state index in [-0.39, 0.29) is 24.0 Å². The van der Waals surface area contributed by atoms with Gasteiger partial charge in [0.2, 0.25) is 0 Å². The van der Waals surface area contributed by atoms with Crippen molar-refractivity contribution in [3.05, 3.63) is 24.5 Å². The van der Waals surface area contributed by atoms with Crippen LogP contribution in [0.3, 0.4) is 0 Å². The summed E-state index contributed by atoms with van der Waals surface area (Å²) in [6.07, 6.45) is 6.16. The predicted molar refractivity (Wildman–Crippen MR) is 66.9 cm³/mol. The number of unbranched alkanes of at least 4 members (excludes halogenated alkanes) is 1. The zero-order chi connectivity index (χ0) is 12.1. The summed E-state index contributed by atoms with van der Waals surface area (Å²) in [5, 5.41) is 0. The maximum atomic E-state index is 5.64. The molecule has 2 heterocycles. The topological polar surface area (TPSA) is 38.9 Å². The van der Waals surface area contributed by atoms with Crippen molar-refractivity contribution < 1.29 is 33.3 Å². The summed E-state index contributed by atoms with van der Waals surface area (Å²) in [5.41, 5.74) is 1.87. The number of hydrogen-bond acceptors (Lipinski definition) is 4. The van der Waals surface area contributed by atoms with Crippen molar-refractivity contribution in [2.45, 2.75) is 19.8 Å². The van der Waals surface area contributed by atoms with Gasteiger partial charge in [-0.05, 0) is 12.5 Å². The molecule has 0 fully saturated rings. The van der Waals surface area contributed by atoms with E-state index in [1.54, 1.807) is 0 Å². The van der Waals surface area contributed by atoms with Gasteiger partial charge in [0.1, 0.15) is 7.05 Å². The van der Waals surface area contributed by atoms with Gasteiger partial charge in [-0.1, -0.05) is 13.3 Å². The molecule has 0 saturated heterocycles. The average molecular weight is 377 g/mol. The highest BCUT2D eigenvalue weighted by Crippen LogP contribution is 2.26. The van der Waals surface area contributed by atoms with Crippen LogP contribution >= 0.6 is 11.7 Å². The Hall–Kier alpha value is -0.760. The van der Waals surface area contributed by atoms with Gasteiger partial charge in [0.15, 0.2) is 18.1 Å². The number of hydrogen-bond donors (Lipinski definition) is 0. The van der Waals surface area contributed by atoms with Crippen molar-refractivity contribution in [1.29, 1.82) is 0 Å². The molecule has 0 spiro atoms. The molecule has 98 valence electrons. The summed E-state index contributed by atoms with van der Waals surface area (Å²) < 4.78 is 16.1. The summed E-state index contributed by atoms with van der Waals surface area (Å²) >= 11 is 1.19. The van der Waals surface area contributed by atoms with Gasteiger partial charge in [-0.2, -0.15) is 4.37 Å². The van der Waals surface area contributed by atoms with Gasteiger partial charge in [-0.15, -0.1) is 4.37 Å². The van der Waals surface area contributed by atoms with Gasteiger partial charge in [0.05, 0.1) is 23.9 Å². The quantitative estimate of drug-likeness (QED) is 0.390. The first-order chi connectivity index (χ1) is 8.31. The van der Waals surface area contributed by atoms with E-state index in [2.05, 4.69) is 15.7 Å². The van der Waals surface area contributed by atoms with Crippen molar-refractivity contribution in [2.75, 3.05) is 6.61 Å². The maximum absolute atomic E-state index is 5.64. The molecule has 18 heavy (non-hydrogen) atoms. The first kappa shape index (κ1) is 15.3. The third-order valence-corrected chi connectivity index (χ3v) is 2.92. The molecule has 2 aromatic heterocycles. The van der Waals surface area contributed by atoms with Crippen LogP contribution in [0.1, 0.15) is 19.8 Å². The fourth-order valence-electron chi connectivity index (χ4n) is 1.49. The summed E-state index contributed by atoms with van der Waals surface area (Å²) in [4.78, 5) is 0. The summed E-state index contributed by atoms with van der Waals surface area (Å²) in [7, 11) is 1.99. The second-order valence-corrected chi connectivity index (χ2v) is 4.41. The molecule has 0 aliphatic carbocycles. The third kappa shape index (κ3) is 3.88. The molecule has 2 rings (SSSR count).